The van der Waals surface area contributed by atoms with Crippen LogP contribution in [0.25, 0.3) is 0 Å². The highest BCUT2D eigenvalue weighted by atomic mass is 32.2. The van der Waals surface area contributed by atoms with Crippen LogP contribution in [0.3, 0.4) is 0 Å². The minimum atomic E-state index is -3.76. The zero-order valence-corrected chi connectivity index (χ0v) is 23.2. The van der Waals surface area contributed by atoms with Gasteiger partial charge < -0.3 is 14.3 Å². The number of hydrogen-bond acceptors (Lipinski definition) is 7. The highest BCUT2D eigenvalue weighted by Gasteiger charge is 2.84. The molecule has 3 saturated carbocycles. The minimum absolute atomic E-state index is 0.00820. The van der Waals surface area contributed by atoms with Crippen LogP contribution in [0, 0.1) is 45.8 Å². The zero-order chi connectivity index (χ0) is 26.8. The lowest BCUT2D eigenvalue weighted by atomic mass is 9.43. The lowest BCUT2D eigenvalue weighted by Crippen LogP contribution is -2.64. The van der Waals surface area contributed by atoms with Crippen molar-refractivity contribution in [1.29, 1.82) is 0 Å². The van der Waals surface area contributed by atoms with Gasteiger partial charge in [-0.2, -0.15) is 8.42 Å². The molecule has 8 heteroatoms. The van der Waals surface area contributed by atoms with Gasteiger partial charge in [-0.3, -0.25) is 8.98 Å². The van der Waals surface area contributed by atoms with E-state index in [0.29, 0.717) is 24.5 Å². The van der Waals surface area contributed by atoms with Crippen LogP contribution in [0.15, 0.2) is 35.9 Å². The summed E-state index contributed by atoms with van der Waals surface area (Å²) in [6, 6.07) is 7.33. The van der Waals surface area contributed by atoms with E-state index in [4.69, 9.17) is 13.7 Å². The fraction of sp³-hybridized carbons (Fsp3) is 0.655. The third kappa shape index (κ3) is 3.58. The lowest BCUT2D eigenvalue weighted by molar-refractivity contribution is -0.189. The summed E-state index contributed by atoms with van der Waals surface area (Å²) in [5.41, 5.74) is -1.30. The molecule has 202 valence electrons. The Bertz CT molecular complexity index is 1220. The van der Waals surface area contributed by atoms with Crippen molar-refractivity contribution in [2.24, 2.45) is 45.8 Å². The van der Waals surface area contributed by atoms with Gasteiger partial charge in [-0.25, -0.2) is 0 Å². The average Bonchev–Trinajstić information content (AvgIpc) is 3.43. The Morgan fingerprint density at radius 2 is 1.86 bits per heavy atom. The summed E-state index contributed by atoms with van der Waals surface area (Å²) in [6.45, 7) is 6.24. The van der Waals surface area contributed by atoms with E-state index in [1.54, 1.807) is 7.11 Å². The minimum Gasteiger partial charge on any atom is -0.497 e. The second-order valence-electron chi connectivity index (χ2n) is 12.1. The molecule has 7 nitrogen and oxygen atoms in total. The maximum atomic E-state index is 14.6. The van der Waals surface area contributed by atoms with Crippen molar-refractivity contribution in [3.63, 3.8) is 0 Å². The smallest absolute Gasteiger partial charge is 0.318 e. The Morgan fingerprint density at radius 1 is 1.16 bits per heavy atom. The normalized spacial score (nSPS) is 37.8. The molecule has 0 amide bonds. The first-order valence-electron chi connectivity index (χ1n) is 13.3. The standard InChI is InChI=1S/C29H38O7S/c1-18(2)25-12-21-13-27(16-30)24-11-6-19(3)23(24)14-28(21,17-36-37(5,32)33)29(25,27)26(31)35-15-20-7-9-22(34-4)10-8-20/h7-10,12,16,18-19,21,23-24H,6,11,13-15,17H2,1-5H3/t19?,21?,23?,24?,27?,28?,29-/m0/s1. The van der Waals surface area contributed by atoms with E-state index in [-0.39, 0.29) is 36.9 Å². The summed E-state index contributed by atoms with van der Waals surface area (Å²) in [5, 5.41) is 0. The number of methoxy groups -OCH3 is 1. The molecule has 1 aromatic rings. The van der Waals surface area contributed by atoms with E-state index in [9.17, 15) is 18.0 Å². The van der Waals surface area contributed by atoms with Gasteiger partial charge in [0.1, 0.15) is 24.1 Å². The van der Waals surface area contributed by atoms with Gasteiger partial charge in [-0.1, -0.05) is 51.0 Å². The maximum Gasteiger partial charge on any atom is 0.318 e. The average molecular weight is 531 g/mol. The largest absolute Gasteiger partial charge is 0.497 e. The van der Waals surface area contributed by atoms with Crippen LogP contribution >= 0.6 is 0 Å². The molecule has 0 radical (unpaired) electrons. The second kappa shape index (κ2) is 8.94. The van der Waals surface area contributed by atoms with Gasteiger partial charge in [0.15, 0.2) is 0 Å². The molecule has 7 atom stereocenters. The SMILES string of the molecule is COc1ccc(COC(=O)[C@@]23C(C(C)C)=CC4CC2(C=O)C2CCC(C)C2CC43COS(C)(=O)=O)cc1. The quantitative estimate of drug-likeness (QED) is 0.200. The molecule has 0 heterocycles. The molecular formula is C29H38O7S. The number of hydrogen-bond donors (Lipinski definition) is 0. The van der Waals surface area contributed by atoms with Gasteiger partial charge in [0.05, 0.1) is 25.4 Å². The number of rotatable bonds is 9. The highest BCUT2D eigenvalue weighted by Crippen LogP contribution is 2.82. The Kier molecular flexibility index (Phi) is 6.38. The predicted octanol–water partition coefficient (Wildman–Crippen LogP) is 4.55. The van der Waals surface area contributed by atoms with E-state index in [1.807, 2.05) is 38.1 Å². The van der Waals surface area contributed by atoms with Crippen molar-refractivity contribution in [2.45, 2.75) is 53.1 Å². The fourth-order valence-corrected chi connectivity index (χ4v) is 9.23. The van der Waals surface area contributed by atoms with Crippen molar-refractivity contribution >= 4 is 22.4 Å². The molecule has 0 aromatic heterocycles. The molecule has 0 saturated heterocycles. The number of esters is 1. The van der Waals surface area contributed by atoms with Crippen LogP contribution in [-0.4, -0.2) is 40.6 Å². The predicted molar refractivity (Wildman–Crippen MR) is 138 cm³/mol. The third-order valence-corrected chi connectivity index (χ3v) is 10.7. The number of benzene rings is 1. The van der Waals surface area contributed by atoms with Crippen LogP contribution in [0.1, 0.15) is 52.0 Å². The monoisotopic (exact) mass is 530 g/mol. The molecule has 37 heavy (non-hydrogen) atoms. The van der Waals surface area contributed by atoms with Crippen LogP contribution in [0.5, 0.6) is 5.75 Å². The van der Waals surface area contributed by atoms with Crippen LogP contribution in [-0.2, 0) is 35.2 Å². The first-order valence-corrected chi connectivity index (χ1v) is 15.1. The molecular weight excluding hydrogens is 492 g/mol. The summed E-state index contributed by atoms with van der Waals surface area (Å²) in [6.07, 6.45) is 7.31. The summed E-state index contributed by atoms with van der Waals surface area (Å²) in [4.78, 5) is 27.9. The molecule has 1 aromatic carbocycles. The Morgan fingerprint density at radius 3 is 2.46 bits per heavy atom. The van der Waals surface area contributed by atoms with E-state index < -0.39 is 32.3 Å². The molecule has 4 aliphatic rings. The van der Waals surface area contributed by atoms with Crippen molar-refractivity contribution in [2.75, 3.05) is 20.0 Å². The molecule has 4 bridgehead atoms. The molecule has 4 aliphatic carbocycles. The topological polar surface area (TPSA) is 96.0 Å². The molecule has 0 N–H and O–H groups in total. The Hall–Kier alpha value is -2.19. The lowest BCUT2D eigenvalue weighted by Gasteiger charge is -2.58. The van der Waals surface area contributed by atoms with E-state index in [1.165, 1.54) is 0 Å². The number of carbonyl (C=O) groups is 2. The third-order valence-electron chi connectivity index (χ3n) is 10.2. The van der Waals surface area contributed by atoms with Crippen molar-refractivity contribution in [1.82, 2.24) is 0 Å². The number of carbonyl (C=O) groups excluding carboxylic acids is 2. The van der Waals surface area contributed by atoms with Gasteiger partial charge in [0, 0.05) is 5.41 Å². The molecule has 5 rings (SSSR count). The Labute approximate surface area is 220 Å². The highest BCUT2D eigenvalue weighted by molar-refractivity contribution is 7.85. The molecule has 0 aliphatic heterocycles. The van der Waals surface area contributed by atoms with Crippen molar-refractivity contribution in [3.8, 4) is 5.75 Å². The van der Waals surface area contributed by atoms with E-state index in [0.717, 1.165) is 36.5 Å². The Balaban J connectivity index is 1.63. The summed E-state index contributed by atoms with van der Waals surface area (Å²) >= 11 is 0. The number of fused-ring (bicyclic) bond motifs is 2. The summed E-state index contributed by atoms with van der Waals surface area (Å²) in [7, 11) is -2.17. The van der Waals surface area contributed by atoms with Crippen molar-refractivity contribution < 1.29 is 31.7 Å². The zero-order valence-electron chi connectivity index (χ0n) is 22.4. The molecule has 6 unspecified atom stereocenters. The van der Waals surface area contributed by atoms with Gasteiger partial charge in [0.2, 0.25) is 0 Å². The first-order chi connectivity index (χ1) is 17.5. The van der Waals surface area contributed by atoms with Crippen LogP contribution < -0.4 is 4.74 Å². The maximum absolute atomic E-state index is 14.6. The first kappa shape index (κ1) is 26.4. The van der Waals surface area contributed by atoms with Gasteiger partial charge in [-0.05, 0) is 66.5 Å². The molecule has 3 fully saturated rings. The van der Waals surface area contributed by atoms with Gasteiger partial charge >= 0.3 is 5.97 Å². The van der Waals surface area contributed by atoms with Gasteiger partial charge in [-0.15, -0.1) is 0 Å². The van der Waals surface area contributed by atoms with E-state index >= 15 is 0 Å². The second-order valence-corrected chi connectivity index (χ2v) is 13.7. The number of aldehydes is 1. The van der Waals surface area contributed by atoms with Gasteiger partial charge in [0.25, 0.3) is 10.1 Å². The van der Waals surface area contributed by atoms with E-state index in [2.05, 4.69) is 13.0 Å². The van der Waals surface area contributed by atoms with Crippen molar-refractivity contribution in [3.05, 3.63) is 41.5 Å². The van der Waals surface area contributed by atoms with Crippen LogP contribution in [0.4, 0.5) is 0 Å². The number of ether oxygens (including phenoxy) is 2. The molecule has 0 spiro atoms. The van der Waals surface area contributed by atoms with Crippen LogP contribution in [0.2, 0.25) is 0 Å². The summed E-state index contributed by atoms with van der Waals surface area (Å²) < 4.78 is 41.3. The number of allylic oxidation sites excluding steroid dienone is 1. The summed E-state index contributed by atoms with van der Waals surface area (Å²) in [5.74, 6) is 0.850. The fourth-order valence-electron chi connectivity index (χ4n) is 8.80.